The molecule has 3 fully saturated rings. The van der Waals surface area contributed by atoms with E-state index in [2.05, 4.69) is 32.3 Å². The summed E-state index contributed by atoms with van der Waals surface area (Å²) in [6.07, 6.45) is 9.31. The van der Waals surface area contributed by atoms with Crippen molar-refractivity contribution in [3.8, 4) is 5.75 Å². The van der Waals surface area contributed by atoms with Crippen LogP contribution in [-0.2, 0) is 4.74 Å². The number of nitrogens with zero attached hydrogens (tertiary/aromatic N) is 5. The van der Waals surface area contributed by atoms with Crippen molar-refractivity contribution in [2.75, 3.05) is 36.5 Å². The molecule has 11 heteroatoms. The molecule has 1 aliphatic carbocycles. The lowest BCUT2D eigenvalue weighted by Gasteiger charge is -2.45. The third-order valence-electron chi connectivity index (χ3n) is 8.42. The lowest BCUT2D eigenvalue weighted by molar-refractivity contribution is 0.0974. The SMILES string of the molecule is C[C@@H]1OCC2(CCN(c3cnc4c(Sc5ccnc6c5OCC5(CCC5)N6)n[nH]c4n3)CC2)[C@@H]1N. The molecular formula is C24H30N8O2S. The van der Waals surface area contributed by atoms with Gasteiger partial charge in [0.15, 0.2) is 22.2 Å². The standard InChI is InChI=1S/C24H30N8O2S/c1-14-19(25)23(12-33-14)6-9-32(10-7-23)16-11-27-17-20(28-16)30-31-22(17)35-15-3-8-26-21-18(15)34-13-24(29-21)4-2-5-24/h3,8,11,14,19H,2,4-7,9-10,12-13,25H2,1H3,(H,26,29)(H,28,30,31)/t14-,19+/m0/s1. The molecule has 3 aromatic heterocycles. The Bertz CT molecular complexity index is 1270. The summed E-state index contributed by atoms with van der Waals surface area (Å²) >= 11 is 1.53. The zero-order chi connectivity index (χ0) is 23.6. The van der Waals surface area contributed by atoms with Crippen LogP contribution in [0.3, 0.4) is 0 Å². The number of pyridine rings is 1. The highest BCUT2D eigenvalue weighted by atomic mass is 32.2. The molecule has 184 valence electrons. The average Bonchev–Trinajstić information content (AvgIpc) is 3.39. The molecule has 2 spiro atoms. The van der Waals surface area contributed by atoms with Crippen molar-refractivity contribution in [1.29, 1.82) is 0 Å². The van der Waals surface area contributed by atoms with Gasteiger partial charge in [0.25, 0.3) is 0 Å². The molecule has 0 bridgehead atoms. The topological polar surface area (TPSA) is 127 Å². The van der Waals surface area contributed by atoms with Crippen LogP contribution in [0, 0.1) is 5.41 Å². The van der Waals surface area contributed by atoms with E-state index in [0.29, 0.717) is 12.3 Å². The number of aromatic nitrogens is 5. The summed E-state index contributed by atoms with van der Waals surface area (Å²) in [5.41, 5.74) is 8.07. The van der Waals surface area contributed by atoms with Crippen LogP contribution in [0.15, 0.2) is 28.4 Å². The van der Waals surface area contributed by atoms with Gasteiger partial charge in [-0.1, -0.05) is 11.8 Å². The first-order chi connectivity index (χ1) is 17.0. The maximum atomic E-state index is 6.47. The van der Waals surface area contributed by atoms with E-state index >= 15 is 0 Å². The average molecular weight is 495 g/mol. The number of nitrogens with two attached hydrogens (primary N) is 1. The maximum Gasteiger partial charge on any atom is 0.177 e. The monoisotopic (exact) mass is 494 g/mol. The van der Waals surface area contributed by atoms with Crippen LogP contribution in [0.1, 0.15) is 39.0 Å². The summed E-state index contributed by atoms with van der Waals surface area (Å²) in [4.78, 5) is 17.4. The highest BCUT2D eigenvalue weighted by molar-refractivity contribution is 7.99. The normalized spacial score (nSPS) is 26.4. The summed E-state index contributed by atoms with van der Waals surface area (Å²) in [5.74, 6) is 2.48. The molecule has 0 aromatic carbocycles. The number of piperidine rings is 1. The lowest BCUT2D eigenvalue weighted by atomic mass is 9.73. The quantitative estimate of drug-likeness (QED) is 0.500. The number of fused-ring (bicyclic) bond motifs is 2. The fourth-order valence-electron chi connectivity index (χ4n) is 5.86. The van der Waals surface area contributed by atoms with Crippen LogP contribution in [-0.4, -0.2) is 69.1 Å². The lowest BCUT2D eigenvalue weighted by Crippen LogP contribution is -2.52. The predicted octanol–water partition coefficient (Wildman–Crippen LogP) is 2.96. The van der Waals surface area contributed by atoms with Crippen molar-refractivity contribution in [3.05, 3.63) is 18.5 Å². The van der Waals surface area contributed by atoms with Gasteiger partial charge in [-0.2, -0.15) is 5.10 Å². The zero-order valence-corrected chi connectivity index (χ0v) is 20.6. The van der Waals surface area contributed by atoms with Gasteiger partial charge in [0, 0.05) is 30.7 Å². The third kappa shape index (κ3) is 3.47. The molecule has 3 aliphatic heterocycles. The Morgan fingerprint density at radius 2 is 2.03 bits per heavy atom. The van der Waals surface area contributed by atoms with Gasteiger partial charge in [-0.05, 0) is 45.1 Å². The van der Waals surface area contributed by atoms with E-state index in [1.807, 2.05) is 18.5 Å². The van der Waals surface area contributed by atoms with Crippen LogP contribution >= 0.6 is 11.8 Å². The fourth-order valence-corrected chi connectivity index (χ4v) is 6.79. The Hall–Kier alpha value is -2.63. The first-order valence-corrected chi connectivity index (χ1v) is 13.3. The molecule has 2 atom stereocenters. The molecule has 0 amide bonds. The molecule has 35 heavy (non-hydrogen) atoms. The zero-order valence-electron chi connectivity index (χ0n) is 19.8. The van der Waals surface area contributed by atoms with E-state index < -0.39 is 0 Å². The summed E-state index contributed by atoms with van der Waals surface area (Å²) in [5, 5.41) is 12.0. The van der Waals surface area contributed by atoms with Gasteiger partial charge in [0.05, 0.1) is 29.3 Å². The number of hydrogen-bond donors (Lipinski definition) is 3. The molecule has 0 radical (unpaired) electrons. The van der Waals surface area contributed by atoms with Crippen LogP contribution in [0.25, 0.3) is 11.2 Å². The predicted molar refractivity (Wildman–Crippen MR) is 133 cm³/mol. The van der Waals surface area contributed by atoms with E-state index in [1.165, 1.54) is 18.2 Å². The Balaban J connectivity index is 1.09. The summed E-state index contributed by atoms with van der Waals surface area (Å²) in [6.45, 7) is 5.31. The number of aromatic amines is 1. The number of rotatable bonds is 3. The molecule has 4 N–H and O–H groups in total. The second-order valence-corrected chi connectivity index (χ2v) is 11.5. The van der Waals surface area contributed by atoms with Gasteiger partial charge in [-0.3, -0.25) is 5.10 Å². The molecule has 7 rings (SSSR count). The second-order valence-electron chi connectivity index (χ2n) is 10.5. The molecule has 0 unspecified atom stereocenters. The van der Waals surface area contributed by atoms with Gasteiger partial charge >= 0.3 is 0 Å². The first-order valence-electron chi connectivity index (χ1n) is 12.5. The number of ether oxygens (including phenoxy) is 2. The van der Waals surface area contributed by atoms with Gasteiger partial charge in [0.2, 0.25) is 0 Å². The minimum absolute atomic E-state index is 0.0619. The smallest absolute Gasteiger partial charge is 0.177 e. The van der Waals surface area contributed by atoms with Gasteiger partial charge in [-0.15, -0.1) is 0 Å². The van der Waals surface area contributed by atoms with Crippen molar-refractivity contribution in [3.63, 3.8) is 0 Å². The number of nitrogens with one attached hydrogen (secondary N) is 2. The van der Waals surface area contributed by atoms with E-state index in [1.54, 1.807) is 0 Å². The summed E-state index contributed by atoms with van der Waals surface area (Å²) < 4.78 is 12.0. The largest absolute Gasteiger partial charge is 0.486 e. The van der Waals surface area contributed by atoms with Crippen molar-refractivity contribution in [2.24, 2.45) is 11.1 Å². The van der Waals surface area contributed by atoms with Crippen LogP contribution in [0.2, 0.25) is 0 Å². The number of anilines is 2. The van der Waals surface area contributed by atoms with Gasteiger partial charge < -0.3 is 25.4 Å². The molecule has 4 aliphatic rings. The van der Waals surface area contributed by atoms with E-state index in [9.17, 15) is 0 Å². The minimum Gasteiger partial charge on any atom is -0.486 e. The highest BCUT2D eigenvalue weighted by Crippen LogP contribution is 2.47. The molecular weight excluding hydrogens is 464 g/mol. The van der Waals surface area contributed by atoms with Crippen molar-refractivity contribution < 1.29 is 9.47 Å². The molecule has 3 aromatic rings. The fraction of sp³-hybridized carbons (Fsp3) is 0.583. The Morgan fingerprint density at radius 1 is 1.17 bits per heavy atom. The molecule has 10 nitrogen and oxygen atoms in total. The van der Waals surface area contributed by atoms with E-state index in [0.717, 1.165) is 78.2 Å². The highest BCUT2D eigenvalue weighted by Gasteiger charge is 2.47. The van der Waals surface area contributed by atoms with Crippen LogP contribution in [0.4, 0.5) is 11.6 Å². The van der Waals surface area contributed by atoms with Crippen molar-refractivity contribution in [1.82, 2.24) is 25.1 Å². The number of hydrogen-bond acceptors (Lipinski definition) is 10. The van der Waals surface area contributed by atoms with E-state index in [-0.39, 0.29) is 23.1 Å². The summed E-state index contributed by atoms with van der Waals surface area (Å²) in [7, 11) is 0. The first kappa shape index (κ1) is 21.6. The molecule has 6 heterocycles. The van der Waals surface area contributed by atoms with Crippen molar-refractivity contribution >= 4 is 34.6 Å². The van der Waals surface area contributed by atoms with E-state index in [4.69, 9.17) is 25.2 Å². The van der Waals surface area contributed by atoms with Crippen LogP contribution < -0.4 is 20.7 Å². The Labute approximate surface area is 207 Å². The summed E-state index contributed by atoms with van der Waals surface area (Å²) in [6, 6.07) is 2.07. The maximum absolute atomic E-state index is 6.47. The van der Waals surface area contributed by atoms with Crippen LogP contribution in [0.5, 0.6) is 5.75 Å². The van der Waals surface area contributed by atoms with Gasteiger partial charge in [0.1, 0.15) is 17.9 Å². The molecule has 1 saturated carbocycles. The van der Waals surface area contributed by atoms with Crippen molar-refractivity contribution in [2.45, 2.75) is 66.6 Å². The Morgan fingerprint density at radius 3 is 2.77 bits per heavy atom. The molecule has 2 saturated heterocycles. The third-order valence-corrected chi connectivity index (χ3v) is 9.44. The Kier molecular flexibility index (Phi) is 4.91. The number of H-pyrrole nitrogens is 1. The van der Waals surface area contributed by atoms with Gasteiger partial charge in [-0.25, -0.2) is 15.0 Å². The second kappa shape index (κ2) is 7.94. The minimum atomic E-state index is 0.0619.